The molecule has 4 rings (SSSR count). The Kier molecular flexibility index (Phi) is 5.05. The number of rotatable bonds is 6. The number of benzene rings is 2. The van der Waals surface area contributed by atoms with Crippen molar-refractivity contribution >= 4 is 28.3 Å². The molecule has 4 aromatic rings. The maximum atomic E-state index is 11.7. The molecule has 0 saturated carbocycles. The van der Waals surface area contributed by atoms with Gasteiger partial charge < -0.3 is 9.47 Å². The van der Waals surface area contributed by atoms with Gasteiger partial charge in [-0.1, -0.05) is 49.4 Å². The number of nitrogens with zero attached hydrogens (tertiary/aromatic N) is 3. The Morgan fingerprint density at radius 1 is 1.11 bits per heavy atom. The molecule has 2 aromatic carbocycles. The van der Waals surface area contributed by atoms with Crippen molar-refractivity contribution < 1.29 is 14.3 Å². The number of ether oxygens (including phenoxy) is 2. The van der Waals surface area contributed by atoms with Crippen LogP contribution in [-0.2, 0) is 11.3 Å². The van der Waals surface area contributed by atoms with Gasteiger partial charge in [-0.25, -0.2) is 14.3 Å². The van der Waals surface area contributed by atoms with Crippen LogP contribution in [-0.4, -0.2) is 27.3 Å². The number of amides is 1. The van der Waals surface area contributed by atoms with Gasteiger partial charge in [0.25, 0.3) is 0 Å². The molecule has 2 heterocycles. The van der Waals surface area contributed by atoms with Gasteiger partial charge in [0.05, 0.1) is 12.8 Å². The molecular formula is C21H20N4O3. The summed E-state index contributed by atoms with van der Waals surface area (Å²) < 4.78 is 12.4. The van der Waals surface area contributed by atoms with E-state index in [-0.39, 0.29) is 0 Å². The number of hydrogen-bond donors (Lipinski definition) is 1. The van der Waals surface area contributed by atoms with Gasteiger partial charge in [-0.2, -0.15) is 0 Å². The molecule has 28 heavy (non-hydrogen) atoms. The van der Waals surface area contributed by atoms with E-state index in [0.29, 0.717) is 30.6 Å². The van der Waals surface area contributed by atoms with Gasteiger partial charge in [0.15, 0.2) is 11.5 Å². The largest absolute Gasteiger partial charge is 0.472 e. The second-order valence-electron chi connectivity index (χ2n) is 6.29. The Balaban J connectivity index is 1.48. The molecule has 0 saturated heterocycles. The van der Waals surface area contributed by atoms with Crippen molar-refractivity contribution in [3.63, 3.8) is 0 Å². The molecule has 142 valence electrons. The van der Waals surface area contributed by atoms with Gasteiger partial charge in [0.1, 0.15) is 6.61 Å². The first-order valence-corrected chi connectivity index (χ1v) is 9.12. The second kappa shape index (κ2) is 7.96. The number of fused-ring (bicyclic) bond motifs is 2. The standard InChI is InChI=1S/C21H20N4O3/c1-2-12-27-21(26)23-18-13-25-19(22-18)10-11-20(24-25)28-14-16-8-5-7-15-6-3-4-9-17(15)16/h3-11,13H,2,12,14H2,1H3,(H,23,26). The van der Waals surface area contributed by atoms with Crippen LogP contribution in [0.4, 0.5) is 10.6 Å². The van der Waals surface area contributed by atoms with Crippen LogP contribution in [0.2, 0.25) is 0 Å². The number of nitrogens with one attached hydrogen (secondary N) is 1. The van der Waals surface area contributed by atoms with Crippen LogP contribution in [0.3, 0.4) is 0 Å². The van der Waals surface area contributed by atoms with Crippen LogP contribution < -0.4 is 10.1 Å². The van der Waals surface area contributed by atoms with Crippen molar-refractivity contribution in [3.8, 4) is 5.88 Å². The predicted molar refractivity (Wildman–Crippen MR) is 107 cm³/mol. The van der Waals surface area contributed by atoms with Gasteiger partial charge in [-0.3, -0.25) is 5.32 Å². The molecule has 1 amide bonds. The molecule has 0 aliphatic carbocycles. The topological polar surface area (TPSA) is 77.8 Å². The zero-order valence-corrected chi connectivity index (χ0v) is 15.5. The Morgan fingerprint density at radius 2 is 1.96 bits per heavy atom. The maximum Gasteiger partial charge on any atom is 0.412 e. The van der Waals surface area contributed by atoms with Gasteiger partial charge in [0.2, 0.25) is 5.88 Å². The van der Waals surface area contributed by atoms with Gasteiger partial charge in [-0.15, -0.1) is 5.10 Å². The van der Waals surface area contributed by atoms with E-state index in [1.165, 1.54) is 5.39 Å². The van der Waals surface area contributed by atoms with Crippen LogP contribution >= 0.6 is 0 Å². The van der Waals surface area contributed by atoms with E-state index in [1.54, 1.807) is 22.8 Å². The Labute approximate surface area is 161 Å². The molecule has 1 N–H and O–H groups in total. The van der Waals surface area contributed by atoms with Gasteiger partial charge in [-0.05, 0) is 28.8 Å². The zero-order valence-electron chi connectivity index (χ0n) is 15.5. The van der Waals surface area contributed by atoms with Crippen molar-refractivity contribution in [2.45, 2.75) is 20.0 Å². The number of carbonyl (C=O) groups is 1. The highest BCUT2D eigenvalue weighted by molar-refractivity contribution is 5.85. The van der Waals surface area contributed by atoms with Crippen LogP contribution in [0.15, 0.2) is 60.8 Å². The van der Waals surface area contributed by atoms with Crippen LogP contribution in [0.1, 0.15) is 18.9 Å². The van der Waals surface area contributed by atoms with E-state index in [2.05, 4.69) is 33.6 Å². The molecular weight excluding hydrogens is 356 g/mol. The smallest absolute Gasteiger partial charge is 0.412 e. The fourth-order valence-electron chi connectivity index (χ4n) is 2.91. The molecule has 0 unspecified atom stereocenters. The fourth-order valence-corrected chi connectivity index (χ4v) is 2.91. The predicted octanol–water partition coefficient (Wildman–Crippen LogP) is 4.42. The molecule has 7 heteroatoms. The van der Waals surface area contributed by atoms with Crippen molar-refractivity contribution in [3.05, 3.63) is 66.4 Å². The highest BCUT2D eigenvalue weighted by Crippen LogP contribution is 2.20. The van der Waals surface area contributed by atoms with E-state index in [4.69, 9.17) is 9.47 Å². The number of imidazole rings is 1. The number of hydrogen-bond acceptors (Lipinski definition) is 5. The summed E-state index contributed by atoms with van der Waals surface area (Å²) in [6.07, 6.45) is 1.85. The molecule has 7 nitrogen and oxygen atoms in total. The molecule has 0 fully saturated rings. The van der Waals surface area contributed by atoms with Gasteiger partial charge in [0, 0.05) is 6.07 Å². The molecule has 0 radical (unpaired) electrons. The summed E-state index contributed by atoms with van der Waals surface area (Å²) in [7, 11) is 0. The lowest BCUT2D eigenvalue weighted by atomic mass is 10.1. The quantitative estimate of drug-likeness (QED) is 0.539. The monoisotopic (exact) mass is 376 g/mol. The zero-order chi connectivity index (χ0) is 19.3. The van der Waals surface area contributed by atoms with Gasteiger partial charge >= 0.3 is 6.09 Å². The average Bonchev–Trinajstić information content (AvgIpc) is 3.12. The molecule has 0 bridgehead atoms. The molecule has 0 spiro atoms. The summed E-state index contributed by atoms with van der Waals surface area (Å²) in [6, 6.07) is 17.9. The van der Waals surface area contributed by atoms with Crippen molar-refractivity contribution in [2.24, 2.45) is 0 Å². The van der Waals surface area contributed by atoms with E-state index in [9.17, 15) is 4.79 Å². The SMILES string of the molecule is CCCOC(=O)Nc1cn2nc(OCc3cccc4ccccc34)ccc2n1. The van der Waals surface area contributed by atoms with E-state index in [0.717, 1.165) is 17.4 Å². The number of anilines is 1. The van der Waals surface area contributed by atoms with E-state index in [1.807, 2.05) is 31.2 Å². The normalized spacial score (nSPS) is 10.9. The maximum absolute atomic E-state index is 11.7. The summed E-state index contributed by atoms with van der Waals surface area (Å²) in [4.78, 5) is 15.9. The molecule has 0 aliphatic heterocycles. The lowest BCUT2D eigenvalue weighted by Crippen LogP contribution is -2.14. The minimum Gasteiger partial charge on any atom is -0.472 e. The summed E-state index contributed by atoms with van der Waals surface area (Å²) in [6.45, 7) is 2.70. The van der Waals surface area contributed by atoms with Crippen molar-refractivity contribution in [1.29, 1.82) is 0 Å². The summed E-state index contributed by atoms with van der Waals surface area (Å²) in [5.41, 5.74) is 1.69. The summed E-state index contributed by atoms with van der Waals surface area (Å²) >= 11 is 0. The third-order valence-electron chi connectivity index (χ3n) is 4.22. The minimum atomic E-state index is -0.530. The third kappa shape index (κ3) is 3.88. The summed E-state index contributed by atoms with van der Waals surface area (Å²) in [5.74, 6) is 0.845. The lowest BCUT2D eigenvalue weighted by molar-refractivity contribution is 0.161. The van der Waals surface area contributed by atoms with Crippen molar-refractivity contribution in [1.82, 2.24) is 14.6 Å². The second-order valence-corrected chi connectivity index (χ2v) is 6.29. The first-order chi connectivity index (χ1) is 13.7. The summed E-state index contributed by atoms with van der Waals surface area (Å²) in [5, 5.41) is 9.32. The Bertz CT molecular complexity index is 1120. The highest BCUT2D eigenvalue weighted by atomic mass is 16.5. The molecule has 0 atom stereocenters. The molecule has 0 aliphatic rings. The number of carbonyl (C=O) groups excluding carboxylic acids is 1. The van der Waals surface area contributed by atoms with Crippen LogP contribution in [0, 0.1) is 0 Å². The fraction of sp³-hybridized carbons (Fsp3) is 0.190. The Hall–Kier alpha value is -3.61. The average molecular weight is 376 g/mol. The van der Waals surface area contributed by atoms with E-state index >= 15 is 0 Å². The lowest BCUT2D eigenvalue weighted by Gasteiger charge is -2.08. The first kappa shape index (κ1) is 17.8. The van der Waals surface area contributed by atoms with Crippen LogP contribution in [0.25, 0.3) is 16.4 Å². The van der Waals surface area contributed by atoms with E-state index < -0.39 is 6.09 Å². The molecule has 2 aromatic heterocycles. The highest BCUT2D eigenvalue weighted by Gasteiger charge is 2.09. The minimum absolute atomic E-state index is 0.365. The Morgan fingerprint density at radius 3 is 2.86 bits per heavy atom. The third-order valence-corrected chi connectivity index (χ3v) is 4.22. The number of aromatic nitrogens is 3. The van der Waals surface area contributed by atoms with Crippen LogP contribution in [0.5, 0.6) is 5.88 Å². The first-order valence-electron chi connectivity index (χ1n) is 9.12. The van der Waals surface area contributed by atoms with Crippen molar-refractivity contribution in [2.75, 3.05) is 11.9 Å².